The minimum absolute atomic E-state index is 0.149. The van der Waals surface area contributed by atoms with E-state index >= 15 is 0 Å². The fourth-order valence-electron chi connectivity index (χ4n) is 2.76. The van der Waals surface area contributed by atoms with Crippen molar-refractivity contribution in [1.29, 1.82) is 0 Å². The smallest absolute Gasteiger partial charge is 0.253 e. The van der Waals surface area contributed by atoms with Crippen molar-refractivity contribution in [3.8, 4) is 5.75 Å². The van der Waals surface area contributed by atoms with E-state index in [4.69, 9.17) is 9.15 Å². The van der Waals surface area contributed by atoms with Crippen LogP contribution in [0.25, 0.3) is 0 Å². The first-order chi connectivity index (χ1) is 12.3. The van der Waals surface area contributed by atoms with Crippen LogP contribution in [-0.2, 0) is 6.61 Å². The molecule has 1 aromatic carbocycles. The molecule has 25 heavy (non-hydrogen) atoms. The molecule has 4 rings (SSSR count). The summed E-state index contributed by atoms with van der Waals surface area (Å²) in [6.07, 6.45) is 4.36. The SMILES string of the molecule is Fc1ccc(OCc2nnc([C@H]3CCN(c4ncccn4)C3)o2)cc1. The van der Waals surface area contributed by atoms with Crippen molar-refractivity contribution in [2.24, 2.45) is 0 Å². The van der Waals surface area contributed by atoms with Gasteiger partial charge < -0.3 is 14.1 Å². The van der Waals surface area contributed by atoms with Gasteiger partial charge in [-0.3, -0.25) is 0 Å². The predicted molar refractivity (Wildman–Crippen MR) is 86.6 cm³/mol. The molecule has 1 saturated heterocycles. The second-order valence-electron chi connectivity index (χ2n) is 5.76. The summed E-state index contributed by atoms with van der Waals surface area (Å²) < 4.78 is 24.1. The first-order valence-electron chi connectivity index (χ1n) is 8.00. The normalized spacial score (nSPS) is 17.0. The number of hydrogen-bond acceptors (Lipinski definition) is 7. The molecule has 1 aliphatic rings. The minimum Gasteiger partial charge on any atom is -0.484 e. The third kappa shape index (κ3) is 3.57. The number of hydrogen-bond donors (Lipinski definition) is 0. The maximum Gasteiger partial charge on any atom is 0.253 e. The molecule has 2 aromatic heterocycles. The average molecular weight is 341 g/mol. The Morgan fingerprint density at radius 1 is 1.16 bits per heavy atom. The van der Waals surface area contributed by atoms with Crippen molar-refractivity contribution in [2.75, 3.05) is 18.0 Å². The highest BCUT2D eigenvalue weighted by Crippen LogP contribution is 2.28. The van der Waals surface area contributed by atoms with Crippen LogP contribution in [0, 0.1) is 5.82 Å². The Balaban J connectivity index is 1.36. The Hall–Kier alpha value is -3.03. The van der Waals surface area contributed by atoms with Gasteiger partial charge in [0.2, 0.25) is 11.8 Å². The number of nitrogens with zero attached hydrogens (tertiary/aromatic N) is 5. The lowest BCUT2D eigenvalue weighted by Crippen LogP contribution is -2.21. The van der Waals surface area contributed by atoms with Crippen LogP contribution < -0.4 is 9.64 Å². The van der Waals surface area contributed by atoms with Crippen LogP contribution in [0.2, 0.25) is 0 Å². The van der Waals surface area contributed by atoms with E-state index in [1.165, 1.54) is 12.1 Å². The summed E-state index contributed by atoms with van der Waals surface area (Å²) in [6.45, 7) is 1.74. The Labute approximate surface area is 143 Å². The van der Waals surface area contributed by atoms with Gasteiger partial charge in [-0.25, -0.2) is 14.4 Å². The molecule has 3 aromatic rings. The second kappa shape index (κ2) is 6.84. The van der Waals surface area contributed by atoms with Crippen molar-refractivity contribution >= 4 is 5.95 Å². The predicted octanol–water partition coefficient (Wildman–Crippen LogP) is 2.57. The van der Waals surface area contributed by atoms with Gasteiger partial charge in [-0.05, 0) is 36.8 Å². The lowest BCUT2D eigenvalue weighted by atomic mass is 10.1. The van der Waals surface area contributed by atoms with E-state index in [1.54, 1.807) is 30.6 Å². The van der Waals surface area contributed by atoms with Crippen LogP contribution in [-0.4, -0.2) is 33.3 Å². The van der Waals surface area contributed by atoms with E-state index in [9.17, 15) is 4.39 Å². The molecule has 7 nitrogen and oxygen atoms in total. The number of rotatable bonds is 5. The fourth-order valence-corrected chi connectivity index (χ4v) is 2.76. The van der Waals surface area contributed by atoms with Crippen LogP contribution in [0.4, 0.5) is 10.3 Å². The third-order valence-corrected chi connectivity index (χ3v) is 4.03. The number of aromatic nitrogens is 4. The van der Waals surface area contributed by atoms with Crippen molar-refractivity contribution in [3.05, 3.63) is 60.3 Å². The van der Waals surface area contributed by atoms with Gasteiger partial charge in [0.05, 0.1) is 5.92 Å². The highest BCUT2D eigenvalue weighted by atomic mass is 19.1. The van der Waals surface area contributed by atoms with Gasteiger partial charge in [0.25, 0.3) is 5.89 Å². The van der Waals surface area contributed by atoms with Crippen LogP contribution in [0.1, 0.15) is 24.1 Å². The second-order valence-corrected chi connectivity index (χ2v) is 5.76. The molecule has 1 aliphatic heterocycles. The molecule has 0 aliphatic carbocycles. The van der Waals surface area contributed by atoms with E-state index in [2.05, 4.69) is 25.1 Å². The van der Waals surface area contributed by atoms with Gasteiger partial charge >= 0.3 is 0 Å². The largest absolute Gasteiger partial charge is 0.484 e. The molecule has 0 saturated carbocycles. The zero-order chi connectivity index (χ0) is 17.1. The summed E-state index contributed by atoms with van der Waals surface area (Å²) >= 11 is 0. The molecular weight excluding hydrogens is 325 g/mol. The summed E-state index contributed by atoms with van der Waals surface area (Å²) in [5, 5.41) is 8.15. The van der Waals surface area contributed by atoms with E-state index in [-0.39, 0.29) is 18.3 Å². The topological polar surface area (TPSA) is 77.2 Å². The zero-order valence-corrected chi connectivity index (χ0v) is 13.4. The molecule has 0 unspecified atom stereocenters. The van der Waals surface area contributed by atoms with E-state index in [0.29, 0.717) is 23.5 Å². The van der Waals surface area contributed by atoms with Crippen molar-refractivity contribution in [1.82, 2.24) is 20.2 Å². The molecule has 0 N–H and O–H groups in total. The fraction of sp³-hybridized carbons (Fsp3) is 0.294. The molecule has 128 valence electrons. The Morgan fingerprint density at radius 3 is 2.76 bits per heavy atom. The molecule has 0 radical (unpaired) electrons. The van der Waals surface area contributed by atoms with Gasteiger partial charge in [-0.15, -0.1) is 10.2 Å². The van der Waals surface area contributed by atoms with Gasteiger partial charge in [0, 0.05) is 25.5 Å². The lowest BCUT2D eigenvalue weighted by molar-refractivity contribution is 0.256. The Kier molecular flexibility index (Phi) is 4.24. The first kappa shape index (κ1) is 15.5. The van der Waals surface area contributed by atoms with Crippen molar-refractivity contribution in [3.63, 3.8) is 0 Å². The van der Waals surface area contributed by atoms with Crippen molar-refractivity contribution < 1.29 is 13.5 Å². The Morgan fingerprint density at radius 2 is 1.96 bits per heavy atom. The summed E-state index contributed by atoms with van der Waals surface area (Å²) in [7, 11) is 0. The van der Waals surface area contributed by atoms with E-state index < -0.39 is 0 Å². The van der Waals surface area contributed by atoms with Crippen LogP contribution >= 0.6 is 0 Å². The summed E-state index contributed by atoms with van der Waals surface area (Å²) in [4.78, 5) is 10.6. The van der Waals surface area contributed by atoms with Gasteiger partial charge in [-0.2, -0.15) is 0 Å². The zero-order valence-electron chi connectivity index (χ0n) is 13.4. The number of halogens is 1. The summed E-state index contributed by atoms with van der Waals surface area (Å²) in [6, 6.07) is 7.59. The summed E-state index contributed by atoms with van der Waals surface area (Å²) in [5.41, 5.74) is 0. The number of ether oxygens (including phenoxy) is 1. The minimum atomic E-state index is -0.305. The molecule has 1 fully saturated rings. The molecule has 0 bridgehead atoms. The molecular formula is C17H16FN5O2. The maximum atomic E-state index is 12.9. The Bertz CT molecular complexity index is 825. The quantitative estimate of drug-likeness (QED) is 0.706. The van der Waals surface area contributed by atoms with Crippen molar-refractivity contribution in [2.45, 2.75) is 18.9 Å². The third-order valence-electron chi connectivity index (χ3n) is 4.03. The van der Waals surface area contributed by atoms with E-state index in [1.807, 2.05) is 0 Å². The lowest BCUT2D eigenvalue weighted by Gasteiger charge is -2.14. The average Bonchev–Trinajstić information content (AvgIpc) is 3.31. The van der Waals surface area contributed by atoms with E-state index in [0.717, 1.165) is 19.5 Å². The summed E-state index contributed by atoms with van der Waals surface area (Å²) in [5.74, 6) is 2.10. The highest BCUT2D eigenvalue weighted by molar-refractivity contribution is 5.31. The molecule has 3 heterocycles. The number of anilines is 1. The maximum absolute atomic E-state index is 12.9. The van der Waals surface area contributed by atoms with Gasteiger partial charge in [0.15, 0.2) is 6.61 Å². The first-order valence-corrected chi connectivity index (χ1v) is 8.00. The van der Waals surface area contributed by atoms with Gasteiger partial charge in [0.1, 0.15) is 11.6 Å². The standard InChI is InChI=1S/C17H16FN5O2/c18-13-2-4-14(5-3-13)24-11-15-21-22-16(25-15)12-6-9-23(10-12)17-19-7-1-8-20-17/h1-5,7-8,12H,6,9-11H2/t12-/m0/s1. The molecule has 0 amide bonds. The molecule has 8 heteroatoms. The number of benzene rings is 1. The van der Waals surface area contributed by atoms with Crippen LogP contribution in [0.3, 0.4) is 0 Å². The molecule has 1 atom stereocenters. The van der Waals surface area contributed by atoms with Crippen LogP contribution in [0.15, 0.2) is 47.1 Å². The molecule has 0 spiro atoms. The highest BCUT2D eigenvalue weighted by Gasteiger charge is 2.29. The van der Waals surface area contributed by atoms with Crippen LogP contribution in [0.5, 0.6) is 5.75 Å². The van der Waals surface area contributed by atoms with Gasteiger partial charge in [-0.1, -0.05) is 0 Å². The monoisotopic (exact) mass is 341 g/mol.